The summed E-state index contributed by atoms with van der Waals surface area (Å²) < 4.78 is 16.6. The van der Waals surface area contributed by atoms with E-state index in [1.165, 1.54) is 0 Å². The lowest BCUT2D eigenvalue weighted by Crippen LogP contribution is -2.34. The minimum Gasteiger partial charge on any atom is -0.496 e. The molecule has 0 bridgehead atoms. The Morgan fingerprint density at radius 2 is 1.97 bits per heavy atom. The fraction of sp³-hybridized carbons (Fsp3) is 0.500. The van der Waals surface area contributed by atoms with Crippen molar-refractivity contribution in [3.8, 4) is 11.5 Å². The summed E-state index contributed by atoms with van der Waals surface area (Å²) in [5, 5.41) is 16.4. The monoisotopic (exact) mass is 398 g/mol. The van der Waals surface area contributed by atoms with Crippen molar-refractivity contribution >= 4 is 11.7 Å². The van der Waals surface area contributed by atoms with Crippen LogP contribution in [0.2, 0.25) is 0 Å². The third kappa shape index (κ3) is 5.59. The van der Waals surface area contributed by atoms with E-state index in [2.05, 4.69) is 15.1 Å². The average molecular weight is 399 g/mol. The summed E-state index contributed by atoms with van der Waals surface area (Å²) in [6, 6.07) is 9.56. The second kappa shape index (κ2) is 10.1. The van der Waals surface area contributed by atoms with Gasteiger partial charge in [0.25, 0.3) is 0 Å². The molecule has 156 valence electrons. The van der Waals surface area contributed by atoms with Crippen LogP contribution < -0.4 is 14.4 Å². The number of anilines is 1. The molecule has 1 aliphatic rings. The molecular weight excluding hydrogens is 368 g/mol. The summed E-state index contributed by atoms with van der Waals surface area (Å²) in [4.78, 5) is 2.31. The molecule has 2 heterocycles. The molecule has 7 heteroatoms. The Bertz CT molecular complexity index is 802. The van der Waals surface area contributed by atoms with Crippen molar-refractivity contribution < 1.29 is 14.2 Å². The van der Waals surface area contributed by atoms with E-state index in [0.717, 1.165) is 49.6 Å². The second-order valence-corrected chi connectivity index (χ2v) is 7.22. The fourth-order valence-corrected chi connectivity index (χ4v) is 3.53. The molecular formula is C22H30N4O3. The summed E-state index contributed by atoms with van der Waals surface area (Å²) >= 11 is 0. The van der Waals surface area contributed by atoms with Crippen LogP contribution in [0.5, 0.6) is 11.5 Å². The van der Waals surface area contributed by atoms with Gasteiger partial charge in [0.15, 0.2) is 5.82 Å². The smallest absolute Gasteiger partial charge is 0.217 e. The van der Waals surface area contributed by atoms with Crippen LogP contribution in [-0.2, 0) is 4.74 Å². The van der Waals surface area contributed by atoms with Crippen LogP contribution in [0.1, 0.15) is 37.4 Å². The standard InChI is InChI=1S/C22H30N4O3/c1-4-28-22(23)19-7-6-18(15-20(19)27-3)29-14-11-17-9-12-26(13-10-17)21-8-5-16(2)24-25-21/h5-8,15,17,23H,4,9-14H2,1-3H3. The van der Waals surface area contributed by atoms with Crippen molar-refractivity contribution in [3.63, 3.8) is 0 Å². The van der Waals surface area contributed by atoms with Crippen LogP contribution in [-0.4, -0.2) is 49.5 Å². The van der Waals surface area contributed by atoms with E-state index in [4.69, 9.17) is 19.6 Å². The second-order valence-electron chi connectivity index (χ2n) is 7.22. The Labute approximate surface area is 172 Å². The van der Waals surface area contributed by atoms with Gasteiger partial charge in [-0.3, -0.25) is 5.41 Å². The van der Waals surface area contributed by atoms with Crippen LogP contribution in [0.25, 0.3) is 0 Å². The van der Waals surface area contributed by atoms with E-state index in [1.807, 2.05) is 44.2 Å². The van der Waals surface area contributed by atoms with Crippen LogP contribution in [0.3, 0.4) is 0 Å². The number of nitrogens with zero attached hydrogens (tertiary/aromatic N) is 3. The SMILES string of the molecule is CCOC(=N)c1ccc(OCCC2CCN(c3ccc(C)nn3)CC2)cc1OC. The molecule has 0 amide bonds. The highest BCUT2D eigenvalue weighted by Crippen LogP contribution is 2.27. The van der Waals surface area contributed by atoms with Gasteiger partial charge in [0, 0.05) is 19.2 Å². The molecule has 1 saturated heterocycles. The number of ether oxygens (including phenoxy) is 3. The molecule has 0 radical (unpaired) electrons. The minimum absolute atomic E-state index is 0.112. The number of hydrogen-bond donors (Lipinski definition) is 1. The first kappa shape index (κ1) is 20.9. The van der Waals surface area contributed by atoms with Gasteiger partial charge in [0.05, 0.1) is 31.6 Å². The van der Waals surface area contributed by atoms with Crippen molar-refractivity contribution in [1.82, 2.24) is 10.2 Å². The molecule has 3 rings (SSSR count). The molecule has 1 aromatic heterocycles. The van der Waals surface area contributed by atoms with E-state index in [0.29, 0.717) is 30.4 Å². The Morgan fingerprint density at radius 3 is 2.62 bits per heavy atom. The molecule has 1 aromatic carbocycles. The fourth-order valence-electron chi connectivity index (χ4n) is 3.53. The minimum atomic E-state index is 0.112. The number of aromatic nitrogens is 2. The third-order valence-electron chi connectivity index (χ3n) is 5.22. The molecule has 1 aliphatic heterocycles. The zero-order valence-electron chi connectivity index (χ0n) is 17.5. The van der Waals surface area contributed by atoms with Crippen molar-refractivity contribution in [1.29, 1.82) is 5.41 Å². The highest BCUT2D eigenvalue weighted by molar-refractivity contribution is 5.94. The topological polar surface area (TPSA) is 80.6 Å². The molecule has 7 nitrogen and oxygen atoms in total. The molecule has 0 unspecified atom stereocenters. The molecule has 0 aliphatic carbocycles. The summed E-state index contributed by atoms with van der Waals surface area (Å²) in [6.45, 7) is 6.94. The van der Waals surface area contributed by atoms with Gasteiger partial charge in [-0.15, -0.1) is 5.10 Å². The number of nitrogens with one attached hydrogen (secondary N) is 1. The van der Waals surface area contributed by atoms with Crippen LogP contribution in [0, 0.1) is 18.3 Å². The summed E-state index contributed by atoms with van der Waals surface area (Å²) in [7, 11) is 1.59. The summed E-state index contributed by atoms with van der Waals surface area (Å²) in [5.41, 5.74) is 1.58. The molecule has 2 aromatic rings. The molecule has 0 atom stereocenters. The van der Waals surface area contributed by atoms with Crippen LogP contribution in [0.15, 0.2) is 30.3 Å². The van der Waals surface area contributed by atoms with E-state index in [-0.39, 0.29) is 5.90 Å². The van der Waals surface area contributed by atoms with E-state index >= 15 is 0 Å². The molecule has 29 heavy (non-hydrogen) atoms. The van der Waals surface area contributed by atoms with Crippen molar-refractivity contribution in [3.05, 3.63) is 41.6 Å². The van der Waals surface area contributed by atoms with Crippen molar-refractivity contribution in [2.75, 3.05) is 38.3 Å². The highest BCUT2D eigenvalue weighted by Gasteiger charge is 2.20. The van der Waals surface area contributed by atoms with Crippen LogP contribution >= 0.6 is 0 Å². The number of methoxy groups -OCH3 is 1. The van der Waals surface area contributed by atoms with Gasteiger partial charge in [0.2, 0.25) is 5.90 Å². The number of aryl methyl sites for hydroxylation is 1. The lowest BCUT2D eigenvalue weighted by molar-refractivity contribution is 0.257. The van der Waals surface area contributed by atoms with E-state index < -0.39 is 0 Å². The average Bonchev–Trinajstić information content (AvgIpc) is 2.75. The van der Waals surface area contributed by atoms with Gasteiger partial charge in [-0.2, -0.15) is 5.10 Å². The number of piperidine rings is 1. The Balaban J connectivity index is 1.46. The Kier molecular flexibility index (Phi) is 7.27. The zero-order chi connectivity index (χ0) is 20.6. The predicted molar refractivity (Wildman–Crippen MR) is 113 cm³/mol. The third-order valence-corrected chi connectivity index (χ3v) is 5.22. The first-order valence-corrected chi connectivity index (χ1v) is 10.2. The van der Waals surface area contributed by atoms with Gasteiger partial charge < -0.3 is 19.1 Å². The lowest BCUT2D eigenvalue weighted by atomic mass is 9.94. The van der Waals surface area contributed by atoms with Crippen molar-refractivity contribution in [2.45, 2.75) is 33.1 Å². The normalized spacial score (nSPS) is 14.5. The molecule has 0 spiro atoms. The first-order chi connectivity index (χ1) is 14.1. The Morgan fingerprint density at radius 1 is 1.17 bits per heavy atom. The number of benzene rings is 1. The van der Waals surface area contributed by atoms with E-state index in [9.17, 15) is 0 Å². The Hall–Kier alpha value is -2.83. The van der Waals surface area contributed by atoms with E-state index in [1.54, 1.807) is 7.11 Å². The first-order valence-electron chi connectivity index (χ1n) is 10.2. The maximum Gasteiger partial charge on any atom is 0.217 e. The summed E-state index contributed by atoms with van der Waals surface area (Å²) in [5.74, 6) is 3.07. The summed E-state index contributed by atoms with van der Waals surface area (Å²) in [6.07, 6.45) is 3.28. The molecule has 0 saturated carbocycles. The van der Waals surface area contributed by atoms with Gasteiger partial charge >= 0.3 is 0 Å². The predicted octanol–water partition coefficient (Wildman–Crippen LogP) is 3.84. The van der Waals surface area contributed by atoms with Crippen molar-refractivity contribution in [2.24, 2.45) is 5.92 Å². The number of rotatable bonds is 8. The molecule has 1 fully saturated rings. The molecule has 1 N–H and O–H groups in total. The van der Waals surface area contributed by atoms with Gasteiger partial charge in [-0.05, 0) is 63.3 Å². The largest absolute Gasteiger partial charge is 0.496 e. The number of hydrogen-bond acceptors (Lipinski definition) is 7. The van der Waals surface area contributed by atoms with Gasteiger partial charge in [-0.1, -0.05) is 0 Å². The highest BCUT2D eigenvalue weighted by atomic mass is 16.5. The quantitative estimate of drug-likeness (QED) is 0.537. The van der Waals surface area contributed by atoms with Crippen LogP contribution in [0.4, 0.5) is 5.82 Å². The zero-order valence-corrected chi connectivity index (χ0v) is 17.5. The lowest BCUT2D eigenvalue weighted by Gasteiger charge is -2.32. The maximum absolute atomic E-state index is 7.95. The van der Waals surface area contributed by atoms with Gasteiger partial charge in [-0.25, -0.2) is 0 Å². The maximum atomic E-state index is 7.95. The van der Waals surface area contributed by atoms with Gasteiger partial charge in [0.1, 0.15) is 11.5 Å².